The summed E-state index contributed by atoms with van der Waals surface area (Å²) < 4.78 is 56.8. The zero-order valence-electron chi connectivity index (χ0n) is 26.8. The summed E-state index contributed by atoms with van der Waals surface area (Å²) in [5.41, 5.74) is 1.70. The molecule has 4 aromatic carbocycles. The van der Waals surface area contributed by atoms with Crippen LogP contribution in [0.25, 0.3) is 27.2 Å². The van der Waals surface area contributed by atoms with Crippen LogP contribution in [-0.2, 0) is 64.8 Å². The number of nitrogens with one attached hydrogen (secondary N) is 1. The smallest absolute Gasteiger partial charge is 0.572 e. The van der Waals surface area contributed by atoms with E-state index in [4.69, 9.17) is 0 Å². The minimum absolute atomic E-state index is 0. The molecule has 19 heteroatoms. The minimum Gasteiger partial charge on any atom is -0.572 e. The Kier molecular flexibility index (Phi) is 15.5. The van der Waals surface area contributed by atoms with Gasteiger partial charge in [0.2, 0.25) is 0 Å². The molecule has 6 rings (SSSR count). The summed E-state index contributed by atoms with van der Waals surface area (Å²) in [6.07, 6.45) is 3.19. The van der Waals surface area contributed by atoms with Gasteiger partial charge >= 0.3 is 22.4 Å². The van der Waals surface area contributed by atoms with Gasteiger partial charge in [-0.1, -0.05) is 78.9 Å². The summed E-state index contributed by atoms with van der Waals surface area (Å²) in [4.78, 5) is 28.3. The molecule has 0 amide bonds. The summed E-state index contributed by atoms with van der Waals surface area (Å²) in [7, 11) is -8.40. The van der Waals surface area contributed by atoms with Crippen LogP contribution in [0.15, 0.2) is 156 Å². The number of hydrogen-bond acceptors (Lipinski definition) is 12. The van der Waals surface area contributed by atoms with Crippen molar-refractivity contribution in [3.8, 4) is 22.5 Å². The SMILES string of the molecule is O=[N+]([O-])c1ccccc1S(=O)(=O)Nc1ccccc1-c1ccccn1.O=[N+]([O-])c1ccccc1S(=O)(=O)[N-]c1ccccc1-c1ccccn1.S=S.[Ag+]. The predicted molar refractivity (Wildman–Crippen MR) is 201 cm³/mol. The van der Waals surface area contributed by atoms with Crippen LogP contribution in [-0.4, -0.2) is 36.7 Å². The molecule has 0 saturated heterocycles. The van der Waals surface area contributed by atoms with Crippen molar-refractivity contribution >= 4 is 65.2 Å². The number of aromatic nitrogens is 2. The van der Waals surface area contributed by atoms with Crippen LogP contribution in [0.5, 0.6) is 0 Å². The average Bonchev–Trinajstić information content (AvgIpc) is 3.17. The zero-order valence-corrected chi connectivity index (χ0v) is 31.5. The van der Waals surface area contributed by atoms with E-state index in [1.165, 1.54) is 42.5 Å². The van der Waals surface area contributed by atoms with E-state index in [9.17, 15) is 37.1 Å². The van der Waals surface area contributed by atoms with Gasteiger partial charge in [-0.25, -0.2) is 16.8 Å². The number of rotatable bonds is 10. The predicted octanol–water partition coefficient (Wildman–Crippen LogP) is 7.50. The van der Waals surface area contributed by atoms with E-state index in [2.05, 4.69) is 41.8 Å². The van der Waals surface area contributed by atoms with Crippen LogP contribution in [0.2, 0.25) is 0 Å². The van der Waals surface area contributed by atoms with Crippen molar-refractivity contribution in [2.24, 2.45) is 0 Å². The number of sulfonamides is 2. The molecule has 0 fully saturated rings. The van der Waals surface area contributed by atoms with Crippen molar-refractivity contribution in [3.05, 3.63) is 171 Å². The Morgan fingerprint density at radius 3 is 1.55 bits per heavy atom. The first kappa shape index (κ1) is 42.1. The molecule has 0 aliphatic rings. The number of pyridine rings is 2. The Hall–Kier alpha value is -5.34. The molecule has 0 bridgehead atoms. The fraction of sp³-hybridized carbons (Fsp3) is 0. The summed E-state index contributed by atoms with van der Waals surface area (Å²) in [6.45, 7) is 0. The minimum atomic E-state index is -4.26. The van der Waals surface area contributed by atoms with Crippen LogP contribution in [0.4, 0.5) is 22.7 Å². The second kappa shape index (κ2) is 19.5. The average molecular weight is 882 g/mol. The molecule has 0 saturated carbocycles. The maximum Gasteiger partial charge on any atom is 1.00 e. The number of hydrogen-bond donors (Lipinski definition) is 1. The first-order chi connectivity index (χ1) is 25.0. The molecule has 2 aromatic heterocycles. The molecule has 274 valence electrons. The fourth-order valence-electron chi connectivity index (χ4n) is 4.65. The first-order valence-corrected chi connectivity index (χ1v) is 18.9. The number of benzene rings is 4. The zero-order chi connectivity index (χ0) is 37.7. The van der Waals surface area contributed by atoms with E-state index in [1.54, 1.807) is 91.3 Å². The second-order valence-corrected chi connectivity index (χ2v) is 13.3. The molecule has 0 unspecified atom stereocenters. The number of nitrogens with zero attached hydrogens (tertiary/aromatic N) is 5. The van der Waals surface area contributed by atoms with Gasteiger partial charge in [0.05, 0.1) is 26.9 Å². The van der Waals surface area contributed by atoms with Crippen LogP contribution in [0.1, 0.15) is 0 Å². The third-order valence-corrected chi connectivity index (χ3v) is 9.62. The first-order valence-electron chi connectivity index (χ1n) is 14.6. The van der Waals surface area contributed by atoms with Gasteiger partial charge in [0.1, 0.15) is 14.9 Å². The maximum absolute atomic E-state index is 12.7. The molecule has 14 nitrogen and oxygen atoms in total. The number of nitro benzene ring substituents is 2. The quantitative estimate of drug-likeness (QED) is 0.0807. The van der Waals surface area contributed by atoms with E-state index >= 15 is 0 Å². The van der Waals surface area contributed by atoms with E-state index < -0.39 is 51.1 Å². The van der Waals surface area contributed by atoms with Crippen molar-refractivity contribution in [3.63, 3.8) is 0 Å². The Bertz CT molecular complexity index is 2240. The van der Waals surface area contributed by atoms with Gasteiger partial charge in [-0.05, 0) is 48.0 Å². The van der Waals surface area contributed by atoms with Gasteiger partial charge in [-0.3, -0.25) is 34.9 Å². The van der Waals surface area contributed by atoms with Crippen molar-refractivity contribution in [1.82, 2.24) is 9.97 Å². The summed E-state index contributed by atoms with van der Waals surface area (Å²) in [5.74, 6) is 0. The van der Waals surface area contributed by atoms with Gasteiger partial charge in [0.15, 0.2) is 4.90 Å². The summed E-state index contributed by atoms with van der Waals surface area (Å²) >= 11 is 7.33. The van der Waals surface area contributed by atoms with E-state index in [0.717, 1.165) is 12.1 Å². The van der Waals surface area contributed by atoms with Crippen LogP contribution in [0, 0.1) is 20.2 Å². The molecule has 1 N–H and O–H groups in total. The molecule has 0 spiro atoms. The van der Waals surface area contributed by atoms with Gasteiger partial charge < -0.3 is 4.72 Å². The van der Waals surface area contributed by atoms with Gasteiger partial charge in [-0.15, -0.1) is 5.69 Å². The van der Waals surface area contributed by atoms with Crippen molar-refractivity contribution in [2.75, 3.05) is 4.72 Å². The van der Waals surface area contributed by atoms with E-state index in [0.29, 0.717) is 28.2 Å². The molecule has 0 atom stereocenters. The van der Waals surface area contributed by atoms with Crippen molar-refractivity contribution in [1.29, 1.82) is 0 Å². The summed E-state index contributed by atoms with van der Waals surface area (Å²) in [6, 6.07) is 34.2. The third-order valence-electron chi connectivity index (χ3n) is 6.87. The molecule has 0 aliphatic heterocycles. The topological polar surface area (TPSA) is 206 Å². The summed E-state index contributed by atoms with van der Waals surface area (Å²) in [5, 5.41) is 22.2. The Balaban J connectivity index is 0.000000268. The molecular weight excluding hydrogens is 857 g/mol. The maximum atomic E-state index is 12.7. The van der Waals surface area contributed by atoms with Gasteiger partial charge in [0.25, 0.3) is 21.4 Å². The standard InChI is InChI=1S/C17H13N3O4S.C17H12N3O4S.Ag.S2/c2*21-20(22)16-10-3-4-11-17(16)25(23,24)19-15-9-2-1-7-13(15)14-8-5-6-12-18-14;;1-2/h1-12,19H;1-12H;;/q;-1;+1;. The van der Waals surface area contributed by atoms with Crippen molar-refractivity contribution in [2.45, 2.75) is 9.79 Å². The fourth-order valence-corrected chi connectivity index (χ4v) is 7.08. The normalized spacial score (nSPS) is 10.5. The molecular formula is C34H25AgN6O8S4. The van der Waals surface area contributed by atoms with Crippen LogP contribution in [0.3, 0.4) is 0 Å². The second-order valence-electron chi connectivity index (χ2n) is 10.1. The van der Waals surface area contributed by atoms with E-state index in [1.807, 2.05) is 0 Å². The molecule has 53 heavy (non-hydrogen) atoms. The Labute approximate surface area is 329 Å². The monoisotopic (exact) mass is 880 g/mol. The Morgan fingerprint density at radius 1 is 0.566 bits per heavy atom. The van der Waals surface area contributed by atoms with Gasteiger partial charge in [0, 0.05) is 52.5 Å². The largest absolute Gasteiger partial charge is 1.00 e. The third kappa shape index (κ3) is 10.8. The molecule has 6 aromatic rings. The van der Waals surface area contributed by atoms with Crippen molar-refractivity contribution < 1.29 is 49.1 Å². The molecule has 2 heterocycles. The number of anilines is 1. The van der Waals surface area contributed by atoms with Gasteiger partial charge in [-0.2, -0.15) is 0 Å². The van der Waals surface area contributed by atoms with Crippen LogP contribution >= 0.6 is 0 Å². The van der Waals surface area contributed by atoms with E-state index in [-0.39, 0.29) is 28.1 Å². The molecule has 0 aliphatic carbocycles. The number of para-hydroxylation sites is 3. The number of nitro groups is 2. The van der Waals surface area contributed by atoms with Crippen LogP contribution < -0.4 is 4.72 Å². The molecule has 0 radical (unpaired) electrons. The Morgan fingerprint density at radius 2 is 1.00 bits per heavy atom.